The van der Waals surface area contributed by atoms with Gasteiger partial charge in [0.15, 0.2) is 0 Å². The minimum Gasteiger partial charge on any atom is -0.462 e. The van der Waals surface area contributed by atoms with E-state index in [1.165, 1.54) is 0 Å². The molecule has 2 aliphatic carbocycles. The predicted molar refractivity (Wildman–Crippen MR) is 54.6 cm³/mol. The van der Waals surface area contributed by atoms with Crippen LogP contribution >= 0.6 is 0 Å². The summed E-state index contributed by atoms with van der Waals surface area (Å²) in [6.07, 6.45) is 11.9. The molecule has 0 fully saturated rings. The normalized spacial score (nSPS) is 22.8. The van der Waals surface area contributed by atoms with Crippen LogP contribution in [0.25, 0.3) is 0 Å². The minimum absolute atomic E-state index is 0.226. The van der Waals surface area contributed by atoms with Gasteiger partial charge in [-0.15, -0.1) is 0 Å². The van der Waals surface area contributed by atoms with Gasteiger partial charge in [0.25, 0.3) is 0 Å². The molecule has 0 aromatic rings. The van der Waals surface area contributed by atoms with E-state index in [0.717, 1.165) is 5.57 Å². The third-order valence-electron chi connectivity index (χ3n) is 2.30. The lowest BCUT2D eigenvalue weighted by Gasteiger charge is -2.06. The van der Waals surface area contributed by atoms with Crippen LogP contribution in [-0.4, -0.2) is 12.6 Å². The Hall–Kier alpha value is -1.57. The Morgan fingerprint density at radius 3 is 3.07 bits per heavy atom. The van der Waals surface area contributed by atoms with Crippen molar-refractivity contribution in [2.45, 2.75) is 6.92 Å². The summed E-state index contributed by atoms with van der Waals surface area (Å²) in [5.41, 5.74) is 1.83. The second-order valence-electron chi connectivity index (χ2n) is 3.26. The van der Waals surface area contributed by atoms with Crippen molar-refractivity contribution in [1.82, 2.24) is 0 Å². The standard InChI is InChI=1S/C12H12O2/c1-2-14-12(13)11-7-9-5-3-4-6-10(9)8-11/h3-9H,2H2,1H3/t9-/m1/s1. The number of esters is 1. The lowest BCUT2D eigenvalue weighted by atomic mass is 9.98. The zero-order valence-electron chi connectivity index (χ0n) is 8.07. The maximum atomic E-state index is 11.4. The zero-order valence-corrected chi connectivity index (χ0v) is 8.07. The highest BCUT2D eigenvalue weighted by molar-refractivity contribution is 5.93. The van der Waals surface area contributed by atoms with E-state index in [1.54, 1.807) is 0 Å². The van der Waals surface area contributed by atoms with Crippen molar-refractivity contribution in [3.63, 3.8) is 0 Å². The van der Waals surface area contributed by atoms with Gasteiger partial charge in [0.05, 0.1) is 12.2 Å². The van der Waals surface area contributed by atoms with Gasteiger partial charge in [-0.2, -0.15) is 0 Å². The average Bonchev–Trinajstić information content (AvgIpc) is 2.61. The van der Waals surface area contributed by atoms with Crippen molar-refractivity contribution in [3.8, 4) is 0 Å². The second-order valence-corrected chi connectivity index (χ2v) is 3.26. The van der Waals surface area contributed by atoms with E-state index in [1.807, 2.05) is 37.3 Å². The molecule has 14 heavy (non-hydrogen) atoms. The van der Waals surface area contributed by atoms with Crippen LogP contribution in [0, 0.1) is 5.92 Å². The first kappa shape index (κ1) is 9.00. The number of fused-ring (bicyclic) bond motifs is 1. The summed E-state index contributed by atoms with van der Waals surface area (Å²) < 4.78 is 4.93. The fourth-order valence-electron chi connectivity index (χ4n) is 1.63. The summed E-state index contributed by atoms with van der Waals surface area (Å²) in [5.74, 6) is 0.0376. The Morgan fingerprint density at radius 2 is 2.36 bits per heavy atom. The Labute approximate surface area is 83.3 Å². The van der Waals surface area contributed by atoms with E-state index in [0.29, 0.717) is 12.2 Å². The van der Waals surface area contributed by atoms with E-state index in [2.05, 4.69) is 6.08 Å². The van der Waals surface area contributed by atoms with Crippen LogP contribution in [0.2, 0.25) is 0 Å². The molecule has 0 aromatic heterocycles. The molecule has 0 heterocycles. The van der Waals surface area contributed by atoms with Gasteiger partial charge in [-0.05, 0) is 18.6 Å². The summed E-state index contributed by atoms with van der Waals surface area (Å²) in [4.78, 5) is 11.4. The number of carbonyl (C=O) groups excluding carboxylic acids is 1. The summed E-state index contributed by atoms with van der Waals surface area (Å²) in [7, 11) is 0. The maximum Gasteiger partial charge on any atom is 0.337 e. The van der Waals surface area contributed by atoms with Crippen LogP contribution in [0.1, 0.15) is 6.92 Å². The van der Waals surface area contributed by atoms with Gasteiger partial charge in [-0.1, -0.05) is 30.4 Å². The molecule has 0 saturated carbocycles. The number of hydrogen-bond acceptors (Lipinski definition) is 2. The van der Waals surface area contributed by atoms with E-state index in [9.17, 15) is 4.79 Å². The number of allylic oxidation sites excluding steroid dienone is 6. The van der Waals surface area contributed by atoms with Gasteiger partial charge >= 0.3 is 5.97 Å². The summed E-state index contributed by atoms with van der Waals surface area (Å²) in [5, 5.41) is 0. The van der Waals surface area contributed by atoms with Crippen molar-refractivity contribution in [3.05, 3.63) is 47.6 Å². The smallest absolute Gasteiger partial charge is 0.337 e. The molecule has 0 spiro atoms. The van der Waals surface area contributed by atoms with Crippen LogP contribution in [0.4, 0.5) is 0 Å². The summed E-state index contributed by atoms with van der Waals surface area (Å²) >= 11 is 0. The fraction of sp³-hybridized carbons (Fsp3) is 0.250. The number of carbonyl (C=O) groups is 1. The van der Waals surface area contributed by atoms with Gasteiger partial charge in [-0.25, -0.2) is 4.79 Å². The highest BCUT2D eigenvalue weighted by Gasteiger charge is 2.20. The molecule has 0 aromatic carbocycles. The quantitative estimate of drug-likeness (QED) is 0.621. The molecular formula is C12H12O2. The molecule has 0 amide bonds. The molecular weight excluding hydrogens is 176 g/mol. The molecule has 1 atom stereocenters. The Morgan fingerprint density at radius 1 is 1.50 bits per heavy atom. The summed E-state index contributed by atoms with van der Waals surface area (Å²) in [6.45, 7) is 2.24. The van der Waals surface area contributed by atoms with Crippen LogP contribution in [-0.2, 0) is 9.53 Å². The van der Waals surface area contributed by atoms with Crippen LogP contribution in [0.3, 0.4) is 0 Å². The van der Waals surface area contributed by atoms with Crippen molar-refractivity contribution >= 4 is 5.97 Å². The van der Waals surface area contributed by atoms with Gasteiger partial charge in [0, 0.05) is 5.92 Å². The minimum atomic E-state index is -0.226. The monoisotopic (exact) mass is 188 g/mol. The Kier molecular flexibility index (Phi) is 2.35. The lowest BCUT2D eigenvalue weighted by molar-refractivity contribution is -0.138. The molecule has 2 heteroatoms. The molecule has 0 radical (unpaired) electrons. The van der Waals surface area contributed by atoms with Crippen molar-refractivity contribution < 1.29 is 9.53 Å². The molecule has 0 N–H and O–H groups in total. The van der Waals surface area contributed by atoms with Gasteiger partial charge in [0.2, 0.25) is 0 Å². The van der Waals surface area contributed by atoms with Gasteiger partial charge < -0.3 is 4.74 Å². The van der Waals surface area contributed by atoms with E-state index in [-0.39, 0.29) is 11.9 Å². The van der Waals surface area contributed by atoms with Crippen molar-refractivity contribution in [2.24, 2.45) is 5.92 Å². The summed E-state index contributed by atoms with van der Waals surface area (Å²) in [6, 6.07) is 0. The first-order valence-corrected chi connectivity index (χ1v) is 4.76. The first-order chi connectivity index (χ1) is 6.81. The SMILES string of the molecule is CCOC(=O)C1=C[C@H]2C=CC=CC2=C1. The van der Waals surface area contributed by atoms with Crippen LogP contribution in [0.15, 0.2) is 47.6 Å². The average molecular weight is 188 g/mol. The molecule has 2 rings (SSSR count). The largest absolute Gasteiger partial charge is 0.462 e. The number of rotatable bonds is 2. The molecule has 0 saturated heterocycles. The number of hydrogen-bond donors (Lipinski definition) is 0. The molecule has 0 unspecified atom stereocenters. The lowest BCUT2D eigenvalue weighted by Crippen LogP contribution is -2.04. The van der Waals surface area contributed by atoms with E-state index >= 15 is 0 Å². The first-order valence-electron chi connectivity index (χ1n) is 4.76. The van der Waals surface area contributed by atoms with E-state index < -0.39 is 0 Å². The Bertz CT molecular complexity index is 370. The number of ether oxygens (including phenoxy) is 1. The zero-order chi connectivity index (χ0) is 9.97. The van der Waals surface area contributed by atoms with Crippen molar-refractivity contribution in [1.29, 1.82) is 0 Å². The van der Waals surface area contributed by atoms with Crippen molar-refractivity contribution in [2.75, 3.05) is 6.61 Å². The van der Waals surface area contributed by atoms with Gasteiger partial charge in [-0.3, -0.25) is 0 Å². The fourth-order valence-corrected chi connectivity index (χ4v) is 1.63. The third-order valence-corrected chi connectivity index (χ3v) is 2.30. The second kappa shape index (κ2) is 3.66. The van der Waals surface area contributed by atoms with Crippen LogP contribution in [0.5, 0.6) is 0 Å². The maximum absolute atomic E-state index is 11.4. The highest BCUT2D eigenvalue weighted by Crippen LogP contribution is 2.29. The van der Waals surface area contributed by atoms with Crippen LogP contribution < -0.4 is 0 Å². The Balaban J connectivity index is 2.17. The van der Waals surface area contributed by atoms with E-state index in [4.69, 9.17) is 4.74 Å². The van der Waals surface area contributed by atoms with Gasteiger partial charge in [0.1, 0.15) is 0 Å². The third kappa shape index (κ3) is 1.55. The molecule has 0 aliphatic heterocycles. The predicted octanol–water partition coefficient (Wildman–Crippen LogP) is 2.16. The topological polar surface area (TPSA) is 26.3 Å². The molecule has 2 aliphatic rings. The molecule has 2 nitrogen and oxygen atoms in total. The highest BCUT2D eigenvalue weighted by atomic mass is 16.5. The molecule has 72 valence electrons. The molecule has 0 bridgehead atoms.